The minimum atomic E-state index is -0.360. The molecule has 6 heteroatoms. The fourth-order valence-corrected chi connectivity index (χ4v) is 3.67. The Labute approximate surface area is 179 Å². The summed E-state index contributed by atoms with van der Waals surface area (Å²) in [7, 11) is 3.47. The molecule has 2 N–H and O–H groups in total. The molecule has 1 aliphatic heterocycles. The van der Waals surface area contributed by atoms with E-state index in [1.54, 1.807) is 12.1 Å². The predicted molar refractivity (Wildman–Crippen MR) is 118 cm³/mol. The number of hydrogen-bond donors (Lipinski definition) is 2. The zero-order valence-corrected chi connectivity index (χ0v) is 18.1. The van der Waals surface area contributed by atoms with Crippen LogP contribution in [0.2, 0.25) is 0 Å². The third-order valence-corrected chi connectivity index (χ3v) is 5.54. The maximum Gasteiger partial charge on any atom is 0.193 e. The molecule has 2 aromatic rings. The zero-order chi connectivity index (χ0) is 21.0. The van der Waals surface area contributed by atoms with Crippen LogP contribution < -0.4 is 4.74 Å². The number of nitrogens with zero attached hydrogens (tertiary/aromatic N) is 1. The predicted octanol–water partition coefficient (Wildman–Crippen LogP) is 4.27. The third kappa shape index (κ3) is 4.78. The molecule has 0 saturated heterocycles. The second kappa shape index (κ2) is 9.39. The van der Waals surface area contributed by atoms with E-state index in [1.165, 1.54) is 13.2 Å². The summed E-state index contributed by atoms with van der Waals surface area (Å²) >= 11 is 3.38. The summed E-state index contributed by atoms with van der Waals surface area (Å²) in [5.74, 6) is -0.259. The Bertz CT molecular complexity index is 964. The van der Waals surface area contributed by atoms with Crippen LogP contribution >= 0.6 is 15.9 Å². The Balaban J connectivity index is 2.04. The molecule has 0 radical (unpaired) electrons. The molecule has 0 fully saturated rings. The van der Waals surface area contributed by atoms with Crippen molar-refractivity contribution in [3.63, 3.8) is 0 Å². The molecule has 0 aliphatic carbocycles. The van der Waals surface area contributed by atoms with Crippen LogP contribution in [0.15, 0.2) is 47.0 Å². The minimum absolute atomic E-state index is 0.105. The fraction of sp³-hybridized carbons (Fsp3) is 0.261. The van der Waals surface area contributed by atoms with Gasteiger partial charge in [-0.1, -0.05) is 40.2 Å². The molecule has 0 unspecified atom stereocenters. The number of aliphatic hydroxyl groups is 1. The van der Waals surface area contributed by atoms with Gasteiger partial charge in [0.25, 0.3) is 0 Å². The van der Waals surface area contributed by atoms with Crippen molar-refractivity contribution in [2.24, 2.45) is 0 Å². The average Bonchev–Trinajstić information content (AvgIpc) is 2.73. The van der Waals surface area contributed by atoms with Crippen molar-refractivity contribution in [3.05, 3.63) is 69.2 Å². The van der Waals surface area contributed by atoms with E-state index < -0.39 is 0 Å². The van der Waals surface area contributed by atoms with Crippen LogP contribution in [0, 0.1) is 0 Å². The summed E-state index contributed by atoms with van der Waals surface area (Å²) in [6.07, 6.45) is 5.87. The van der Waals surface area contributed by atoms with E-state index in [1.807, 2.05) is 37.4 Å². The van der Waals surface area contributed by atoms with Gasteiger partial charge < -0.3 is 19.8 Å². The monoisotopic (exact) mass is 457 g/mol. The molecule has 29 heavy (non-hydrogen) atoms. The lowest BCUT2D eigenvalue weighted by Gasteiger charge is -2.25. The zero-order valence-electron chi connectivity index (χ0n) is 16.5. The molecule has 1 heterocycles. The van der Waals surface area contributed by atoms with Crippen LogP contribution in [0.25, 0.3) is 11.6 Å². The summed E-state index contributed by atoms with van der Waals surface area (Å²) in [4.78, 5) is 15.1. The number of aliphatic hydroxyl groups excluding tert-OH is 1. The van der Waals surface area contributed by atoms with Gasteiger partial charge in [0.2, 0.25) is 0 Å². The van der Waals surface area contributed by atoms with Crippen molar-refractivity contribution in [3.8, 4) is 11.5 Å². The van der Waals surface area contributed by atoms with Crippen LogP contribution in [-0.4, -0.2) is 48.1 Å². The SMILES string of the molecule is COc1cc(CO)c(C2=CCN(C)CC2)c(O)c1C(=O)C=Cc1ccc(Br)cc1. The lowest BCUT2D eigenvalue weighted by Crippen LogP contribution is -2.24. The first-order valence-corrected chi connectivity index (χ1v) is 10.1. The molecule has 0 bridgehead atoms. The Morgan fingerprint density at radius 2 is 2.03 bits per heavy atom. The third-order valence-electron chi connectivity index (χ3n) is 5.01. The highest BCUT2D eigenvalue weighted by atomic mass is 79.9. The first-order chi connectivity index (χ1) is 13.9. The number of hydrogen-bond acceptors (Lipinski definition) is 5. The van der Waals surface area contributed by atoms with Crippen molar-refractivity contribution >= 4 is 33.4 Å². The molecule has 0 aromatic heterocycles. The number of allylic oxidation sites excluding steroid dienone is 1. The Morgan fingerprint density at radius 1 is 1.31 bits per heavy atom. The molecule has 0 atom stereocenters. The maximum absolute atomic E-state index is 12.9. The van der Waals surface area contributed by atoms with E-state index in [-0.39, 0.29) is 29.5 Å². The van der Waals surface area contributed by atoms with Gasteiger partial charge in [-0.25, -0.2) is 0 Å². The van der Waals surface area contributed by atoms with Crippen molar-refractivity contribution in [1.29, 1.82) is 0 Å². The van der Waals surface area contributed by atoms with Crippen LogP contribution in [-0.2, 0) is 6.61 Å². The van der Waals surface area contributed by atoms with Crippen molar-refractivity contribution in [2.75, 3.05) is 27.2 Å². The van der Waals surface area contributed by atoms with Gasteiger partial charge in [0.1, 0.15) is 17.1 Å². The number of likely N-dealkylation sites (N-methyl/N-ethyl adjacent to an activating group) is 1. The topological polar surface area (TPSA) is 70.0 Å². The van der Waals surface area contributed by atoms with Crippen LogP contribution in [0.5, 0.6) is 11.5 Å². The van der Waals surface area contributed by atoms with Gasteiger partial charge in [-0.3, -0.25) is 4.79 Å². The van der Waals surface area contributed by atoms with Crippen molar-refractivity contribution in [1.82, 2.24) is 4.90 Å². The number of halogens is 1. The number of aromatic hydroxyl groups is 1. The lowest BCUT2D eigenvalue weighted by atomic mass is 9.90. The first-order valence-electron chi connectivity index (χ1n) is 9.34. The lowest BCUT2D eigenvalue weighted by molar-refractivity contribution is 0.104. The van der Waals surface area contributed by atoms with Gasteiger partial charge in [0, 0.05) is 23.1 Å². The van der Waals surface area contributed by atoms with Crippen molar-refractivity contribution in [2.45, 2.75) is 13.0 Å². The molecule has 152 valence electrons. The van der Waals surface area contributed by atoms with E-state index in [4.69, 9.17) is 4.74 Å². The van der Waals surface area contributed by atoms with Gasteiger partial charge in [0.15, 0.2) is 5.78 Å². The number of rotatable bonds is 6. The highest BCUT2D eigenvalue weighted by Crippen LogP contribution is 2.40. The normalized spacial score (nSPS) is 14.8. The number of ketones is 1. The smallest absolute Gasteiger partial charge is 0.193 e. The first kappa shape index (κ1) is 21.3. The number of methoxy groups -OCH3 is 1. The molecular formula is C23H24BrNO4. The van der Waals surface area contributed by atoms with E-state index in [0.717, 1.165) is 35.1 Å². The van der Waals surface area contributed by atoms with Crippen LogP contribution in [0.1, 0.15) is 33.5 Å². The average molecular weight is 458 g/mol. The molecule has 0 amide bonds. The number of carbonyl (C=O) groups excluding carboxylic acids is 1. The maximum atomic E-state index is 12.9. The second-order valence-corrected chi connectivity index (χ2v) is 7.90. The van der Waals surface area contributed by atoms with Gasteiger partial charge >= 0.3 is 0 Å². The number of ether oxygens (including phenoxy) is 1. The fourth-order valence-electron chi connectivity index (χ4n) is 3.41. The molecule has 3 rings (SSSR count). The summed E-state index contributed by atoms with van der Waals surface area (Å²) < 4.78 is 6.31. The number of carbonyl (C=O) groups is 1. The summed E-state index contributed by atoms with van der Waals surface area (Å²) in [5, 5.41) is 20.9. The Hall–Kier alpha value is -2.41. The number of benzene rings is 2. The quantitative estimate of drug-likeness (QED) is 0.500. The van der Waals surface area contributed by atoms with E-state index in [9.17, 15) is 15.0 Å². The summed E-state index contributed by atoms with van der Waals surface area (Å²) in [6.45, 7) is 1.34. The second-order valence-electron chi connectivity index (χ2n) is 6.99. The molecular weight excluding hydrogens is 434 g/mol. The van der Waals surface area contributed by atoms with Gasteiger partial charge in [-0.15, -0.1) is 0 Å². The molecule has 0 saturated carbocycles. The largest absolute Gasteiger partial charge is 0.506 e. The van der Waals surface area contributed by atoms with Gasteiger partial charge in [-0.2, -0.15) is 0 Å². The Morgan fingerprint density at radius 3 is 2.62 bits per heavy atom. The molecule has 1 aliphatic rings. The number of phenols is 1. The van der Waals surface area contributed by atoms with E-state index in [2.05, 4.69) is 20.8 Å². The summed E-state index contributed by atoms with van der Waals surface area (Å²) in [6, 6.07) is 9.18. The summed E-state index contributed by atoms with van der Waals surface area (Å²) in [5.41, 5.74) is 2.97. The molecule has 2 aromatic carbocycles. The van der Waals surface area contributed by atoms with Crippen molar-refractivity contribution < 1.29 is 19.7 Å². The minimum Gasteiger partial charge on any atom is -0.506 e. The van der Waals surface area contributed by atoms with Gasteiger partial charge in [-0.05, 0) is 54.4 Å². The highest BCUT2D eigenvalue weighted by molar-refractivity contribution is 9.10. The molecule has 5 nitrogen and oxygen atoms in total. The highest BCUT2D eigenvalue weighted by Gasteiger charge is 2.25. The standard InChI is InChI=1S/C23H24BrNO4/c1-25-11-9-16(10-12-25)21-17(14-26)13-20(29-2)22(23(21)28)19(27)8-5-15-3-6-18(24)7-4-15/h3-9,13,26,28H,10-12,14H2,1-2H3. The Kier molecular flexibility index (Phi) is 6.90. The molecule has 0 spiro atoms. The van der Waals surface area contributed by atoms with E-state index in [0.29, 0.717) is 11.1 Å². The number of phenolic OH excluding ortho intramolecular Hbond substituents is 1. The van der Waals surface area contributed by atoms with Gasteiger partial charge in [0.05, 0.1) is 13.7 Å². The van der Waals surface area contributed by atoms with Crippen LogP contribution in [0.4, 0.5) is 0 Å². The van der Waals surface area contributed by atoms with Crippen LogP contribution in [0.3, 0.4) is 0 Å². The van der Waals surface area contributed by atoms with E-state index >= 15 is 0 Å².